The number of nitrogens with two attached hydrogens (primary N) is 1. The highest BCUT2D eigenvalue weighted by Gasteiger charge is 2.34. The van der Waals surface area contributed by atoms with Crippen molar-refractivity contribution in [1.29, 1.82) is 0 Å². The molecule has 0 unspecified atom stereocenters. The summed E-state index contributed by atoms with van der Waals surface area (Å²) in [6, 6.07) is 3.27. The van der Waals surface area contributed by atoms with Crippen LogP contribution in [0.1, 0.15) is 19.8 Å². The van der Waals surface area contributed by atoms with Crippen LogP contribution in [0, 0.1) is 5.82 Å². The summed E-state index contributed by atoms with van der Waals surface area (Å²) >= 11 is 0. The highest BCUT2D eigenvalue weighted by Crippen LogP contribution is 2.27. The number of hydrogen-bond donors (Lipinski definition) is 1. The third-order valence-corrected chi connectivity index (χ3v) is 4.92. The summed E-state index contributed by atoms with van der Waals surface area (Å²) < 4.78 is 37.5. The van der Waals surface area contributed by atoms with Gasteiger partial charge in [-0.05, 0) is 38.0 Å². The molecule has 0 heterocycles. The lowest BCUT2D eigenvalue weighted by Crippen LogP contribution is -2.37. The molecular weight excluding hydrogens is 283 g/mol. The Morgan fingerprint density at radius 3 is 2.65 bits per heavy atom. The zero-order valence-electron chi connectivity index (χ0n) is 11.2. The van der Waals surface area contributed by atoms with E-state index in [-0.39, 0.29) is 16.6 Å². The Morgan fingerprint density at radius 2 is 2.10 bits per heavy atom. The lowest BCUT2D eigenvalue weighted by atomic mass is 10.3. The second-order valence-electron chi connectivity index (χ2n) is 4.85. The molecular formula is C13H17FN2O3S. The van der Waals surface area contributed by atoms with Gasteiger partial charge >= 0.3 is 0 Å². The van der Waals surface area contributed by atoms with Gasteiger partial charge in [-0.1, -0.05) is 0 Å². The van der Waals surface area contributed by atoms with Crippen molar-refractivity contribution in [2.75, 3.05) is 18.0 Å². The van der Waals surface area contributed by atoms with Crippen LogP contribution in [0.2, 0.25) is 0 Å². The van der Waals surface area contributed by atoms with E-state index in [4.69, 9.17) is 5.73 Å². The second-order valence-corrected chi connectivity index (χ2v) is 6.81. The van der Waals surface area contributed by atoms with Gasteiger partial charge in [-0.25, -0.2) is 12.8 Å². The van der Waals surface area contributed by atoms with Crippen LogP contribution in [0.4, 0.5) is 10.1 Å². The fraction of sp³-hybridized carbons (Fsp3) is 0.462. The van der Waals surface area contributed by atoms with Crippen molar-refractivity contribution in [2.24, 2.45) is 0 Å². The molecule has 0 aliphatic heterocycles. The van der Waals surface area contributed by atoms with E-state index in [1.54, 1.807) is 11.8 Å². The summed E-state index contributed by atoms with van der Waals surface area (Å²) in [4.78, 5) is 13.3. The van der Waals surface area contributed by atoms with Gasteiger partial charge in [-0.15, -0.1) is 0 Å². The number of hydrogen-bond acceptors (Lipinski definition) is 4. The van der Waals surface area contributed by atoms with E-state index in [9.17, 15) is 17.6 Å². The SMILES string of the molecule is CCN(C(=O)CS(=O)(=O)c1cc(F)ccc1N)C1CC1. The first-order valence-electron chi connectivity index (χ1n) is 6.42. The summed E-state index contributed by atoms with van der Waals surface area (Å²) in [6.45, 7) is 2.27. The van der Waals surface area contributed by atoms with Crippen molar-refractivity contribution >= 4 is 21.4 Å². The molecule has 1 amide bonds. The van der Waals surface area contributed by atoms with Crippen LogP contribution in [-0.4, -0.2) is 37.6 Å². The molecule has 1 aromatic carbocycles. The number of carbonyl (C=O) groups is 1. The Kier molecular flexibility index (Phi) is 3.99. The lowest BCUT2D eigenvalue weighted by molar-refractivity contribution is -0.128. The molecule has 0 saturated heterocycles. The van der Waals surface area contributed by atoms with Crippen molar-refractivity contribution in [3.05, 3.63) is 24.0 Å². The summed E-state index contributed by atoms with van der Waals surface area (Å²) in [5.74, 6) is -1.83. The molecule has 0 radical (unpaired) electrons. The van der Waals surface area contributed by atoms with E-state index in [1.807, 2.05) is 0 Å². The minimum atomic E-state index is -3.93. The first-order valence-corrected chi connectivity index (χ1v) is 8.07. The van der Waals surface area contributed by atoms with Crippen molar-refractivity contribution < 1.29 is 17.6 Å². The van der Waals surface area contributed by atoms with Gasteiger partial charge in [0.05, 0.1) is 10.6 Å². The van der Waals surface area contributed by atoms with Crippen molar-refractivity contribution in [3.63, 3.8) is 0 Å². The number of carbonyl (C=O) groups excluding carboxylic acids is 1. The predicted molar refractivity (Wildman–Crippen MR) is 73.3 cm³/mol. The third-order valence-electron chi connectivity index (χ3n) is 3.27. The van der Waals surface area contributed by atoms with Crippen molar-refractivity contribution in [3.8, 4) is 0 Å². The van der Waals surface area contributed by atoms with Crippen LogP contribution < -0.4 is 5.73 Å². The number of sulfone groups is 1. The molecule has 0 aromatic heterocycles. The Hall–Kier alpha value is -1.63. The smallest absolute Gasteiger partial charge is 0.238 e. The largest absolute Gasteiger partial charge is 0.398 e. The number of nitrogens with zero attached hydrogens (tertiary/aromatic N) is 1. The van der Waals surface area contributed by atoms with Gasteiger partial charge in [0.15, 0.2) is 9.84 Å². The number of nitrogen functional groups attached to an aromatic ring is 1. The average Bonchev–Trinajstić information content (AvgIpc) is 3.17. The van der Waals surface area contributed by atoms with Crippen LogP contribution in [0.3, 0.4) is 0 Å². The number of amides is 1. The van der Waals surface area contributed by atoms with Gasteiger partial charge in [0.1, 0.15) is 11.6 Å². The molecule has 0 spiro atoms. The van der Waals surface area contributed by atoms with Crippen LogP contribution in [0.15, 0.2) is 23.1 Å². The van der Waals surface area contributed by atoms with Gasteiger partial charge in [0, 0.05) is 12.6 Å². The Labute approximate surface area is 117 Å². The fourth-order valence-corrected chi connectivity index (χ4v) is 3.49. The topological polar surface area (TPSA) is 80.5 Å². The monoisotopic (exact) mass is 300 g/mol. The van der Waals surface area contributed by atoms with Gasteiger partial charge in [-0.2, -0.15) is 0 Å². The van der Waals surface area contributed by atoms with Crippen LogP contribution in [0.5, 0.6) is 0 Å². The third kappa shape index (κ3) is 3.09. The molecule has 1 aliphatic rings. The Morgan fingerprint density at radius 1 is 1.45 bits per heavy atom. The van der Waals surface area contributed by atoms with Gasteiger partial charge < -0.3 is 10.6 Å². The maximum Gasteiger partial charge on any atom is 0.238 e. The van der Waals surface area contributed by atoms with Crippen LogP contribution >= 0.6 is 0 Å². The highest BCUT2D eigenvalue weighted by molar-refractivity contribution is 7.92. The maximum absolute atomic E-state index is 13.2. The Bertz CT molecular complexity index is 627. The van der Waals surface area contributed by atoms with E-state index in [2.05, 4.69) is 0 Å². The molecule has 1 saturated carbocycles. The standard InChI is InChI=1S/C13H17FN2O3S/c1-2-16(10-4-5-10)13(17)8-20(18,19)12-7-9(14)3-6-11(12)15/h3,6-7,10H,2,4-5,8,15H2,1H3. The highest BCUT2D eigenvalue weighted by atomic mass is 32.2. The van der Waals surface area contributed by atoms with Crippen LogP contribution in [0.25, 0.3) is 0 Å². The number of rotatable bonds is 5. The molecule has 110 valence electrons. The first-order chi connectivity index (χ1) is 9.35. The van der Waals surface area contributed by atoms with Gasteiger partial charge in [0.25, 0.3) is 0 Å². The average molecular weight is 300 g/mol. The van der Waals surface area contributed by atoms with E-state index >= 15 is 0 Å². The van der Waals surface area contributed by atoms with Gasteiger partial charge in [-0.3, -0.25) is 4.79 Å². The second kappa shape index (κ2) is 5.40. The van der Waals surface area contributed by atoms with Crippen molar-refractivity contribution in [2.45, 2.75) is 30.7 Å². The van der Waals surface area contributed by atoms with E-state index in [0.717, 1.165) is 25.0 Å². The lowest BCUT2D eigenvalue weighted by Gasteiger charge is -2.20. The molecule has 0 atom stereocenters. The van der Waals surface area contributed by atoms with E-state index in [0.29, 0.717) is 6.54 Å². The molecule has 5 nitrogen and oxygen atoms in total. The molecule has 2 rings (SSSR count). The zero-order valence-corrected chi connectivity index (χ0v) is 12.0. The van der Waals surface area contributed by atoms with E-state index in [1.165, 1.54) is 6.07 Å². The summed E-state index contributed by atoms with van der Waals surface area (Å²) in [6.07, 6.45) is 1.81. The first kappa shape index (κ1) is 14.8. The van der Waals surface area contributed by atoms with E-state index < -0.39 is 27.3 Å². The summed E-state index contributed by atoms with van der Waals surface area (Å²) in [5.41, 5.74) is 5.51. The molecule has 1 aromatic rings. The van der Waals surface area contributed by atoms with Crippen molar-refractivity contribution in [1.82, 2.24) is 4.90 Å². The number of halogens is 1. The quantitative estimate of drug-likeness (QED) is 0.828. The summed E-state index contributed by atoms with van der Waals surface area (Å²) in [7, 11) is -3.93. The minimum Gasteiger partial charge on any atom is -0.398 e. The molecule has 2 N–H and O–H groups in total. The molecule has 1 aliphatic carbocycles. The Balaban J connectivity index is 2.22. The molecule has 1 fully saturated rings. The number of anilines is 1. The normalized spacial score (nSPS) is 15.1. The minimum absolute atomic E-state index is 0.0475. The zero-order chi connectivity index (χ0) is 14.9. The fourth-order valence-electron chi connectivity index (χ4n) is 2.13. The maximum atomic E-state index is 13.2. The molecule has 20 heavy (non-hydrogen) atoms. The van der Waals surface area contributed by atoms with Crippen LogP contribution in [-0.2, 0) is 14.6 Å². The number of benzene rings is 1. The van der Waals surface area contributed by atoms with Gasteiger partial charge in [0.2, 0.25) is 5.91 Å². The summed E-state index contributed by atoms with van der Waals surface area (Å²) in [5, 5.41) is 0. The molecule has 7 heteroatoms. The predicted octanol–water partition coefficient (Wildman–Crippen LogP) is 1.19. The molecule has 0 bridgehead atoms.